The van der Waals surface area contributed by atoms with Gasteiger partial charge in [-0.05, 0) is 43.3 Å². The van der Waals surface area contributed by atoms with Crippen LogP contribution in [-0.2, 0) is 20.1 Å². The number of nitrogens with zero attached hydrogens (tertiary/aromatic N) is 2. The highest BCUT2D eigenvalue weighted by atomic mass is 35.5. The van der Waals surface area contributed by atoms with Gasteiger partial charge in [0.05, 0.1) is 21.6 Å². The quantitative estimate of drug-likeness (QED) is 0.143. The number of nitrogens with two attached hydrogens (primary N) is 1. The van der Waals surface area contributed by atoms with Crippen molar-refractivity contribution in [3.05, 3.63) is 93.1 Å². The van der Waals surface area contributed by atoms with Gasteiger partial charge in [0.15, 0.2) is 5.82 Å². The summed E-state index contributed by atoms with van der Waals surface area (Å²) in [7, 11) is -8.27. The number of ether oxygens (including phenoxy) is 1. The fourth-order valence-corrected chi connectivity index (χ4v) is 5.95. The lowest BCUT2D eigenvalue weighted by Crippen LogP contribution is -2.15. The summed E-state index contributed by atoms with van der Waals surface area (Å²) < 4.78 is 77.2. The van der Waals surface area contributed by atoms with Crippen LogP contribution in [0.2, 0.25) is 10.0 Å². The lowest BCUT2D eigenvalue weighted by atomic mass is 10.1. The molecule has 5 N–H and O–H groups in total. The second-order valence-corrected chi connectivity index (χ2v) is 13.1. The van der Waals surface area contributed by atoms with E-state index in [0.29, 0.717) is 16.1 Å². The van der Waals surface area contributed by atoms with Crippen LogP contribution in [0.5, 0.6) is 11.5 Å². The van der Waals surface area contributed by atoms with E-state index in [2.05, 4.69) is 19.9 Å². The smallest absolute Gasteiger partial charge is 0.294 e. The SMILES string of the molecule is Cc1ccc(S(=O)(=O)O)cc1.Nc1[nH]ncc1-c1cc(Cl)ccc1Oc1cc(F)c(S(=O)(=O)Nc2cscn2)cc1Cl. The Kier molecular flexibility index (Phi) is 9.40. The minimum atomic E-state index is -4.25. The summed E-state index contributed by atoms with van der Waals surface area (Å²) in [4.78, 5) is 3.11. The summed E-state index contributed by atoms with van der Waals surface area (Å²) in [6.45, 7) is 1.84. The molecule has 0 aliphatic rings. The Morgan fingerprint density at radius 1 is 1.02 bits per heavy atom. The van der Waals surface area contributed by atoms with Gasteiger partial charge < -0.3 is 10.5 Å². The number of anilines is 2. The number of thiazole rings is 1. The van der Waals surface area contributed by atoms with Gasteiger partial charge in [0, 0.05) is 27.6 Å². The zero-order valence-corrected chi connectivity index (χ0v) is 25.2. The molecule has 220 valence electrons. The van der Waals surface area contributed by atoms with E-state index in [0.717, 1.165) is 17.7 Å². The number of H-pyrrole nitrogens is 1. The fourth-order valence-electron chi connectivity index (χ4n) is 3.39. The molecule has 0 atom stereocenters. The van der Waals surface area contributed by atoms with Crippen LogP contribution in [0.4, 0.5) is 16.0 Å². The third kappa shape index (κ3) is 7.56. The second kappa shape index (κ2) is 12.6. The fraction of sp³-hybridized carbons (Fsp3) is 0.0400. The molecular weight excluding hydrogens is 652 g/mol. The van der Waals surface area contributed by atoms with Crippen LogP contribution in [-0.4, -0.2) is 36.6 Å². The average Bonchev–Trinajstić information content (AvgIpc) is 3.58. The minimum Gasteiger partial charge on any atom is -0.455 e. The molecule has 17 heteroatoms. The van der Waals surface area contributed by atoms with E-state index in [-0.39, 0.29) is 33.1 Å². The van der Waals surface area contributed by atoms with Gasteiger partial charge >= 0.3 is 0 Å². The van der Waals surface area contributed by atoms with Gasteiger partial charge in [-0.3, -0.25) is 14.4 Å². The summed E-state index contributed by atoms with van der Waals surface area (Å²) in [5, 5.41) is 8.23. The molecule has 0 unspecified atom stereocenters. The second-order valence-electron chi connectivity index (χ2n) is 8.42. The molecule has 0 bridgehead atoms. The summed E-state index contributed by atoms with van der Waals surface area (Å²) in [5.41, 5.74) is 9.27. The normalized spacial score (nSPS) is 11.5. The molecular formula is C25H20Cl2FN5O6S3. The number of sulfonamides is 1. The Bertz CT molecular complexity index is 1940. The highest BCUT2D eigenvalue weighted by Crippen LogP contribution is 2.40. The van der Waals surface area contributed by atoms with Crippen LogP contribution < -0.4 is 15.2 Å². The topological polar surface area (TPSA) is 177 Å². The van der Waals surface area contributed by atoms with Crippen molar-refractivity contribution in [3.8, 4) is 22.6 Å². The number of halogens is 3. The van der Waals surface area contributed by atoms with Gasteiger partial charge in [-0.25, -0.2) is 17.8 Å². The van der Waals surface area contributed by atoms with E-state index in [4.69, 9.17) is 38.2 Å². The molecule has 0 aliphatic heterocycles. The standard InChI is InChI=1S/C18H12Cl2FN5O3S2.C7H8O3S/c19-9-1-2-14(10(3-9)11-6-24-25-18(11)22)29-15-5-13(21)16(4-12(15)20)31(27,28)26-17-7-30-8-23-17;1-6-2-4-7(5-3-6)11(8,9)10/h1-8,26H,(H3,22,24,25);2-5H,1H3,(H,8,9,10). The number of hydrogen-bond donors (Lipinski definition) is 4. The number of nitrogen functional groups attached to an aromatic ring is 1. The lowest BCUT2D eigenvalue weighted by Gasteiger charge is -2.14. The third-order valence-electron chi connectivity index (χ3n) is 5.39. The van der Waals surface area contributed by atoms with Crippen molar-refractivity contribution in [2.24, 2.45) is 0 Å². The van der Waals surface area contributed by atoms with Gasteiger partial charge in [-0.1, -0.05) is 40.9 Å². The molecule has 11 nitrogen and oxygen atoms in total. The van der Waals surface area contributed by atoms with Gasteiger partial charge in [-0.15, -0.1) is 11.3 Å². The van der Waals surface area contributed by atoms with E-state index in [1.807, 2.05) is 6.92 Å². The van der Waals surface area contributed by atoms with E-state index >= 15 is 0 Å². The lowest BCUT2D eigenvalue weighted by molar-refractivity contribution is 0.475. The van der Waals surface area contributed by atoms with Crippen molar-refractivity contribution >= 4 is 66.3 Å². The Morgan fingerprint density at radius 3 is 2.33 bits per heavy atom. The van der Waals surface area contributed by atoms with Crippen molar-refractivity contribution in [1.82, 2.24) is 15.2 Å². The summed E-state index contributed by atoms with van der Waals surface area (Å²) in [6.07, 6.45) is 1.48. The number of rotatable bonds is 7. The zero-order chi connectivity index (χ0) is 30.7. The van der Waals surface area contributed by atoms with Gasteiger partial charge in [0.2, 0.25) is 0 Å². The number of benzene rings is 3. The molecule has 5 aromatic rings. The zero-order valence-electron chi connectivity index (χ0n) is 21.2. The Morgan fingerprint density at radius 2 is 1.74 bits per heavy atom. The third-order valence-corrected chi connectivity index (χ3v) is 8.74. The molecule has 0 fully saturated rings. The predicted octanol–water partition coefficient (Wildman–Crippen LogP) is 6.40. The molecule has 2 aromatic heterocycles. The van der Waals surface area contributed by atoms with E-state index in [1.54, 1.807) is 30.3 Å². The number of aryl methyl sites for hydroxylation is 1. The first kappa shape index (κ1) is 31.2. The van der Waals surface area contributed by atoms with E-state index in [9.17, 15) is 21.2 Å². The van der Waals surface area contributed by atoms with Crippen LogP contribution in [0.3, 0.4) is 0 Å². The monoisotopic (exact) mass is 671 g/mol. The van der Waals surface area contributed by atoms with E-state index < -0.39 is 30.9 Å². The van der Waals surface area contributed by atoms with Crippen LogP contribution in [0.1, 0.15) is 5.56 Å². The maximum atomic E-state index is 14.7. The molecule has 5 rings (SSSR count). The predicted molar refractivity (Wildman–Crippen MR) is 159 cm³/mol. The van der Waals surface area contributed by atoms with Crippen LogP contribution in [0.15, 0.2) is 81.5 Å². The minimum absolute atomic E-state index is 0.0666. The molecule has 0 saturated heterocycles. The van der Waals surface area contributed by atoms with Gasteiger partial charge in [0.1, 0.15) is 28.0 Å². The Labute approximate surface area is 253 Å². The summed E-state index contributed by atoms with van der Waals surface area (Å²) >= 11 is 13.5. The maximum Gasteiger partial charge on any atom is 0.294 e. The van der Waals surface area contributed by atoms with Crippen LogP contribution in [0, 0.1) is 12.7 Å². The number of nitrogens with one attached hydrogen (secondary N) is 2. The summed E-state index contributed by atoms with van der Waals surface area (Å²) in [5.74, 6) is -0.545. The van der Waals surface area contributed by atoms with Gasteiger partial charge in [0.25, 0.3) is 20.1 Å². The number of aromatic nitrogens is 3. The van der Waals surface area contributed by atoms with Crippen molar-refractivity contribution < 1.29 is 30.5 Å². The maximum absolute atomic E-state index is 14.7. The molecule has 0 aliphatic carbocycles. The first-order chi connectivity index (χ1) is 19.7. The van der Waals surface area contributed by atoms with Gasteiger partial charge in [-0.2, -0.15) is 13.5 Å². The van der Waals surface area contributed by atoms with Crippen molar-refractivity contribution in [3.63, 3.8) is 0 Å². The molecule has 42 heavy (non-hydrogen) atoms. The highest BCUT2D eigenvalue weighted by molar-refractivity contribution is 7.92. The largest absolute Gasteiger partial charge is 0.455 e. The number of aromatic amines is 1. The number of hydrogen-bond acceptors (Lipinski definition) is 9. The molecule has 3 aromatic carbocycles. The molecule has 2 heterocycles. The molecule has 0 saturated carbocycles. The molecule has 0 radical (unpaired) electrons. The average molecular weight is 673 g/mol. The van der Waals surface area contributed by atoms with Crippen LogP contribution in [0.25, 0.3) is 11.1 Å². The summed E-state index contributed by atoms with van der Waals surface area (Å²) in [6, 6.07) is 12.5. The molecule has 0 spiro atoms. The first-order valence-corrected chi connectivity index (χ1v) is 16.1. The Balaban J connectivity index is 0.000000310. The van der Waals surface area contributed by atoms with Crippen molar-refractivity contribution in [2.75, 3.05) is 10.5 Å². The Hall–Kier alpha value is -3.73. The first-order valence-electron chi connectivity index (χ1n) is 11.5. The van der Waals surface area contributed by atoms with Crippen molar-refractivity contribution in [1.29, 1.82) is 0 Å². The van der Waals surface area contributed by atoms with E-state index in [1.165, 1.54) is 40.6 Å². The van der Waals surface area contributed by atoms with Crippen molar-refractivity contribution in [2.45, 2.75) is 16.7 Å². The highest BCUT2D eigenvalue weighted by Gasteiger charge is 2.24. The van der Waals surface area contributed by atoms with Crippen LogP contribution >= 0.6 is 34.5 Å². The molecule has 0 amide bonds.